The maximum absolute atomic E-state index is 12.8. The average molecular weight is 357 g/mol. The first-order chi connectivity index (χ1) is 12.5. The van der Waals surface area contributed by atoms with Crippen LogP contribution in [0.3, 0.4) is 0 Å². The number of aromatic nitrogens is 2. The fraction of sp³-hybridized carbons (Fsp3) is 0.500. The molecule has 1 aromatic heterocycles. The Hall–Kier alpha value is -2.18. The zero-order valence-corrected chi connectivity index (χ0v) is 15.4. The zero-order chi connectivity index (χ0) is 18.7. The molecule has 1 aliphatic heterocycles. The number of carbonyl (C=O) groups excluding carboxylic acids is 1. The molecule has 0 saturated carbocycles. The topological polar surface area (TPSA) is 78.6 Å². The van der Waals surface area contributed by atoms with Crippen molar-refractivity contribution in [3.8, 4) is 0 Å². The quantitative estimate of drug-likeness (QED) is 0.855. The molecule has 1 saturated heterocycles. The summed E-state index contributed by atoms with van der Waals surface area (Å²) in [6.45, 7) is 5.66. The molecule has 1 fully saturated rings. The lowest BCUT2D eigenvalue weighted by atomic mass is 9.91. The molecule has 0 aliphatic carbocycles. The third-order valence-corrected chi connectivity index (χ3v) is 5.17. The van der Waals surface area contributed by atoms with Crippen LogP contribution in [0.4, 0.5) is 0 Å². The normalized spacial score (nSPS) is 16.7. The van der Waals surface area contributed by atoms with E-state index in [0.717, 1.165) is 29.8 Å². The minimum Gasteiger partial charge on any atom is -0.394 e. The molecule has 1 unspecified atom stereocenters. The van der Waals surface area contributed by atoms with E-state index in [2.05, 4.69) is 5.10 Å². The van der Waals surface area contributed by atoms with Gasteiger partial charge in [-0.25, -0.2) is 0 Å². The summed E-state index contributed by atoms with van der Waals surface area (Å²) in [5.74, 6) is 0.0959. The fourth-order valence-corrected chi connectivity index (χ4v) is 3.63. The minimum atomic E-state index is -0.684. The van der Waals surface area contributed by atoms with Crippen LogP contribution in [-0.2, 0) is 6.54 Å². The van der Waals surface area contributed by atoms with Crippen molar-refractivity contribution in [3.63, 3.8) is 0 Å². The number of aliphatic hydroxyl groups excluding tert-OH is 2. The molecule has 6 heteroatoms. The lowest BCUT2D eigenvalue weighted by Crippen LogP contribution is -2.42. The van der Waals surface area contributed by atoms with Gasteiger partial charge in [-0.15, -0.1) is 0 Å². The fourth-order valence-electron chi connectivity index (χ4n) is 3.63. The lowest BCUT2D eigenvalue weighted by Gasteiger charge is -2.33. The second-order valence-corrected chi connectivity index (χ2v) is 7.16. The van der Waals surface area contributed by atoms with Crippen molar-refractivity contribution in [2.45, 2.75) is 39.3 Å². The first kappa shape index (κ1) is 18.6. The van der Waals surface area contributed by atoms with E-state index in [4.69, 9.17) is 5.11 Å². The predicted molar refractivity (Wildman–Crippen MR) is 99.0 cm³/mol. The highest BCUT2D eigenvalue weighted by Gasteiger charge is 2.27. The van der Waals surface area contributed by atoms with Crippen LogP contribution in [0.2, 0.25) is 0 Å². The van der Waals surface area contributed by atoms with E-state index in [-0.39, 0.29) is 18.4 Å². The van der Waals surface area contributed by atoms with Gasteiger partial charge in [0.15, 0.2) is 0 Å². The minimum absolute atomic E-state index is 0.0251. The molecule has 6 nitrogen and oxygen atoms in total. The number of benzene rings is 1. The maximum atomic E-state index is 12.8. The second-order valence-electron chi connectivity index (χ2n) is 7.16. The monoisotopic (exact) mass is 357 g/mol. The standard InChI is InChI=1S/C20H27N3O3/c1-14-10-15(2)23(21-14)12-16-4-3-5-18(11-16)20(26)22-8-6-17(7-9-22)19(25)13-24/h3-5,10-11,17,19,24-25H,6-9,12-13H2,1-2H3. The van der Waals surface area contributed by atoms with Crippen LogP contribution >= 0.6 is 0 Å². The summed E-state index contributed by atoms with van der Waals surface area (Å²) in [7, 11) is 0. The molecule has 1 amide bonds. The van der Waals surface area contributed by atoms with Crippen molar-refractivity contribution in [1.82, 2.24) is 14.7 Å². The second kappa shape index (κ2) is 8.01. The maximum Gasteiger partial charge on any atom is 0.253 e. The molecule has 0 radical (unpaired) electrons. The number of amides is 1. The van der Waals surface area contributed by atoms with Gasteiger partial charge in [0.05, 0.1) is 24.9 Å². The summed E-state index contributed by atoms with van der Waals surface area (Å²) in [4.78, 5) is 14.6. The molecular weight excluding hydrogens is 330 g/mol. The van der Waals surface area contributed by atoms with E-state index in [9.17, 15) is 9.90 Å². The van der Waals surface area contributed by atoms with Gasteiger partial charge in [0.25, 0.3) is 5.91 Å². The first-order valence-corrected chi connectivity index (χ1v) is 9.16. The van der Waals surface area contributed by atoms with Crippen molar-refractivity contribution in [2.24, 2.45) is 5.92 Å². The smallest absolute Gasteiger partial charge is 0.253 e. The Labute approximate surface area is 154 Å². The van der Waals surface area contributed by atoms with E-state index >= 15 is 0 Å². The number of aliphatic hydroxyl groups is 2. The average Bonchev–Trinajstić information content (AvgIpc) is 2.97. The van der Waals surface area contributed by atoms with Crippen LogP contribution in [0, 0.1) is 19.8 Å². The van der Waals surface area contributed by atoms with Gasteiger partial charge in [-0.1, -0.05) is 12.1 Å². The Morgan fingerprint density at radius 3 is 2.62 bits per heavy atom. The van der Waals surface area contributed by atoms with Gasteiger partial charge in [0.2, 0.25) is 0 Å². The lowest BCUT2D eigenvalue weighted by molar-refractivity contribution is 0.0179. The summed E-state index contributed by atoms with van der Waals surface area (Å²) >= 11 is 0. The van der Waals surface area contributed by atoms with Crippen molar-refractivity contribution >= 4 is 5.91 Å². The van der Waals surface area contributed by atoms with Crippen LogP contribution in [0.15, 0.2) is 30.3 Å². The molecule has 0 bridgehead atoms. The molecule has 26 heavy (non-hydrogen) atoms. The van der Waals surface area contributed by atoms with Crippen LogP contribution in [-0.4, -0.2) is 56.6 Å². The van der Waals surface area contributed by atoms with E-state index in [0.29, 0.717) is 25.2 Å². The molecule has 3 rings (SSSR count). The highest BCUT2D eigenvalue weighted by Crippen LogP contribution is 2.22. The molecule has 140 valence electrons. The van der Waals surface area contributed by atoms with Gasteiger partial charge >= 0.3 is 0 Å². The first-order valence-electron chi connectivity index (χ1n) is 9.16. The van der Waals surface area contributed by atoms with Crippen LogP contribution < -0.4 is 0 Å². The summed E-state index contributed by atoms with van der Waals surface area (Å²) in [6.07, 6.45) is 0.758. The summed E-state index contributed by atoms with van der Waals surface area (Å²) in [5, 5.41) is 23.3. The predicted octanol–water partition coefficient (Wildman–Crippen LogP) is 1.75. The van der Waals surface area contributed by atoms with E-state index in [1.165, 1.54) is 0 Å². The zero-order valence-electron chi connectivity index (χ0n) is 15.4. The molecule has 2 aromatic rings. The Morgan fingerprint density at radius 1 is 1.27 bits per heavy atom. The Balaban J connectivity index is 1.66. The number of piperidine rings is 1. The number of carbonyl (C=O) groups is 1. The summed E-state index contributed by atoms with van der Waals surface area (Å²) < 4.78 is 1.95. The highest BCUT2D eigenvalue weighted by molar-refractivity contribution is 5.94. The van der Waals surface area contributed by atoms with Gasteiger partial charge in [0.1, 0.15) is 0 Å². The van der Waals surface area contributed by atoms with Crippen molar-refractivity contribution in [1.29, 1.82) is 0 Å². The molecule has 0 spiro atoms. The summed E-state index contributed by atoms with van der Waals surface area (Å²) in [6, 6.07) is 9.75. The van der Waals surface area contributed by atoms with Crippen molar-refractivity contribution in [3.05, 3.63) is 52.8 Å². The number of aryl methyl sites for hydroxylation is 2. The van der Waals surface area contributed by atoms with Crippen molar-refractivity contribution in [2.75, 3.05) is 19.7 Å². The number of hydrogen-bond donors (Lipinski definition) is 2. The molecule has 1 aromatic carbocycles. The van der Waals surface area contributed by atoms with Crippen LogP contribution in [0.25, 0.3) is 0 Å². The SMILES string of the molecule is Cc1cc(C)n(Cc2cccc(C(=O)N3CCC(C(O)CO)CC3)c2)n1. The highest BCUT2D eigenvalue weighted by atomic mass is 16.3. The number of likely N-dealkylation sites (tertiary alicyclic amines) is 1. The molecule has 1 aliphatic rings. The van der Waals surface area contributed by atoms with Gasteiger partial charge < -0.3 is 15.1 Å². The summed E-state index contributed by atoms with van der Waals surface area (Å²) in [5.41, 5.74) is 3.82. The van der Waals surface area contributed by atoms with E-state index < -0.39 is 6.10 Å². The van der Waals surface area contributed by atoms with Crippen molar-refractivity contribution < 1.29 is 15.0 Å². The van der Waals surface area contributed by atoms with Gasteiger partial charge in [0, 0.05) is 24.3 Å². The Kier molecular flexibility index (Phi) is 5.74. The molecular formula is C20H27N3O3. The van der Waals surface area contributed by atoms with Crippen LogP contribution in [0.5, 0.6) is 0 Å². The van der Waals surface area contributed by atoms with E-state index in [1.54, 1.807) is 0 Å². The Bertz CT molecular complexity index is 763. The third kappa shape index (κ3) is 4.14. The Morgan fingerprint density at radius 2 is 2.00 bits per heavy atom. The van der Waals surface area contributed by atoms with Gasteiger partial charge in [-0.2, -0.15) is 5.10 Å². The molecule has 2 N–H and O–H groups in total. The number of hydrogen-bond acceptors (Lipinski definition) is 4. The third-order valence-electron chi connectivity index (χ3n) is 5.17. The molecule has 1 atom stereocenters. The van der Waals surface area contributed by atoms with Gasteiger partial charge in [-0.3, -0.25) is 9.48 Å². The largest absolute Gasteiger partial charge is 0.394 e. The van der Waals surface area contributed by atoms with Crippen LogP contribution in [0.1, 0.15) is 40.2 Å². The molecule has 2 heterocycles. The number of rotatable bonds is 5. The van der Waals surface area contributed by atoms with E-state index in [1.807, 2.05) is 53.8 Å². The van der Waals surface area contributed by atoms with Gasteiger partial charge in [-0.05, 0) is 56.4 Å². The number of nitrogens with zero attached hydrogens (tertiary/aromatic N) is 3.